The second-order valence-corrected chi connectivity index (χ2v) is 13.0. The summed E-state index contributed by atoms with van der Waals surface area (Å²) in [7, 11) is 5.16. The van der Waals surface area contributed by atoms with E-state index in [1.165, 1.54) is 0 Å². The number of methoxy groups -OCH3 is 4. The lowest BCUT2D eigenvalue weighted by molar-refractivity contribution is -0.129. The maximum Gasteiger partial charge on any atom is 0.241 e. The van der Waals surface area contributed by atoms with Crippen molar-refractivity contribution in [2.24, 2.45) is 0 Å². The zero-order chi connectivity index (χ0) is 31.7. The molecule has 0 spiro atoms. The Hall–Kier alpha value is -3.12. The van der Waals surface area contributed by atoms with Crippen LogP contribution >= 0.6 is 0 Å². The number of hydrogen-bond donors (Lipinski definition) is 0. The molecular weight excluding hydrogens is 594 g/mol. The van der Waals surface area contributed by atoms with Crippen LogP contribution in [0.15, 0.2) is 0 Å². The third-order valence-electron chi connectivity index (χ3n) is 7.71. The Labute approximate surface area is 259 Å². The first-order chi connectivity index (χ1) is 21.2. The van der Waals surface area contributed by atoms with E-state index in [9.17, 15) is 13.2 Å². The van der Waals surface area contributed by atoms with E-state index in [2.05, 4.69) is 0 Å². The van der Waals surface area contributed by atoms with Gasteiger partial charge in [0.25, 0.3) is 0 Å². The minimum absolute atomic E-state index is 0.0104. The molecule has 2 aliphatic rings. The molecule has 2 aliphatic heterocycles. The number of piperazine rings is 1. The largest absolute Gasteiger partial charge is 0.383 e. The van der Waals surface area contributed by atoms with E-state index < -0.39 is 9.84 Å². The van der Waals surface area contributed by atoms with Crippen molar-refractivity contribution < 1.29 is 32.2 Å². The number of ether oxygens (including phenoxy) is 4. The normalized spacial score (nSPS) is 17.0. The number of aromatic nitrogens is 4. The van der Waals surface area contributed by atoms with Crippen molar-refractivity contribution in [1.82, 2.24) is 24.8 Å². The number of hydrogen-bond acceptors (Lipinski definition) is 15. The number of anilines is 4. The molecule has 1 amide bonds. The standard InChI is InChI=1S/C27H45N9O7S/c1-32-6-7-36(20-21(32)37)25-23-22(28-27(31-25)35(10-16-42-4)11-17-43-5)24(33-12-18-44(38,39)19-13-33)30-26(29-23)34(8-14-40-2)9-15-41-3/h6-20H2,1-5H3. The monoisotopic (exact) mass is 639 g/mol. The predicted octanol–water partition coefficient (Wildman–Crippen LogP) is -0.869. The third kappa shape index (κ3) is 8.32. The topological polar surface area (TPSA) is 156 Å². The molecule has 2 fully saturated rings. The van der Waals surface area contributed by atoms with Crippen LogP contribution < -0.4 is 19.6 Å². The van der Waals surface area contributed by atoms with Gasteiger partial charge in [-0.15, -0.1) is 0 Å². The Morgan fingerprint density at radius 1 is 0.659 bits per heavy atom. The van der Waals surface area contributed by atoms with Crippen LogP contribution in [0.5, 0.6) is 0 Å². The summed E-state index contributed by atoms with van der Waals surface area (Å²) in [6.45, 7) is 5.51. The van der Waals surface area contributed by atoms with Gasteiger partial charge >= 0.3 is 0 Å². The molecule has 2 aromatic heterocycles. The molecule has 0 aromatic carbocycles. The summed E-state index contributed by atoms with van der Waals surface area (Å²) in [6.07, 6.45) is 0. The summed E-state index contributed by atoms with van der Waals surface area (Å²) in [6, 6.07) is 0. The van der Waals surface area contributed by atoms with Gasteiger partial charge in [0.1, 0.15) is 11.0 Å². The number of fused-ring (bicyclic) bond motifs is 1. The first-order valence-electron chi connectivity index (χ1n) is 14.7. The maximum atomic E-state index is 12.9. The van der Waals surface area contributed by atoms with E-state index >= 15 is 0 Å². The molecule has 246 valence electrons. The number of amides is 1. The van der Waals surface area contributed by atoms with Gasteiger partial charge in [0.15, 0.2) is 21.5 Å². The van der Waals surface area contributed by atoms with Crippen molar-refractivity contribution >= 4 is 50.3 Å². The predicted molar refractivity (Wildman–Crippen MR) is 168 cm³/mol. The highest BCUT2D eigenvalue weighted by molar-refractivity contribution is 7.91. The smallest absolute Gasteiger partial charge is 0.241 e. The molecule has 4 rings (SSSR count). The fourth-order valence-electron chi connectivity index (χ4n) is 4.98. The van der Waals surface area contributed by atoms with E-state index in [0.29, 0.717) is 100 Å². The molecule has 17 heteroatoms. The number of sulfone groups is 1. The van der Waals surface area contributed by atoms with Crippen LogP contribution in [0.2, 0.25) is 0 Å². The molecule has 0 saturated carbocycles. The third-order valence-corrected chi connectivity index (χ3v) is 9.32. The lowest BCUT2D eigenvalue weighted by Crippen LogP contribution is -2.49. The van der Waals surface area contributed by atoms with Crippen LogP contribution in [0.3, 0.4) is 0 Å². The SMILES string of the molecule is COCCN(CCOC)c1nc(N2CCN(C)C(=O)C2)c2nc(N(CCOC)CCOC)nc(N3CCS(=O)(=O)CC3)c2n1. The highest BCUT2D eigenvalue weighted by atomic mass is 32.2. The summed E-state index contributed by atoms with van der Waals surface area (Å²) >= 11 is 0. The van der Waals surface area contributed by atoms with Crippen LogP contribution in [0.4, 0.5) is 23.5 Å². The van der Waals surface area contributed by atoms with Gasteiger partial charge in [-0.1, -0.05) is 0 Å². The van der Waals surface area contributed by atoms with Crippen LogP contribution in [0.1, 0.15) is 0 Å². The molecule has 0 atom stereocenters. The fourth-order valence-corrected chi connectivity index (χ4v) is 6.18. The van der Waals surface area contributed by atoms with Crippen molar-refractivity contribution in [1.29, 1.82) is 0 Å². The summed E-state index contributed by atoms with van der Waals surface area (Å²) in [5.74, 6) is 1.86. The van der Waals surface area contributed by atoms with Gasteiger partial charge in [-0.3, -0.25) is 4.79 Å². The second kappa shape index (κ2) is 15.7. The van der Waals surface area contributed by atoms with Crippen LogP contribution in [-0.4, -0.2) is 171 Å². The lowest BCUT2D eigenvalue weighted by Gasteiger charge is -2.34. The zero-order valence-corrected chi connectivity index (χ0v) is 27.2. The van der Waals surface area contributed by atoms with Gasteiger partial charge in [0, 0.05) is 87.8 Å². The van der Waals surface area contributed by atoms with Crippen molar-refractivity contribution in [3.05, 3.63) is 0 Å². The highest BCUT2D eigenvalue weighted by Crippen LogP contribution is 2.34. The quantitative estimate of drug-likeness (QED) is 0.223. The van der Waals surface area contributed by atoms with Crippen LogP contribution in [0, 0.1) is 0 Å². The van der Waals surface area contributed by atoms with E-state index in [4.69, 9.17) is 38.9 Å². The number of carbonyl (C=O) groups is 1. The van der Waals surface area contributed by atoms with Gasteiger partial charge < -0.3 is 43.4 Å². The number of nitrogens with zero attached hydrogens (tertiary/aromatic N) is 9. The van der Waals surface area contributed by atoms with Gasteiger partial charge in [-0.05, 0) is 0 Å². The first kappa shape index (κ1) is 33.8. The summed E-state index contributed by atoms with van der Waals surface area (Å²) in [5.41, 5.74) is 0.968. The Balaban J connectivity index is 1.95. The molecule has 0 N–H and O–H groups in total. The van der Waals surface area contributed by atoms with E-state index in [0.717, 1.165) is 0 Å². The molecule has 0 radical (unpaired) electrons. The second-order valence-electron chi connectivity index (χ2n) is 10.7. The number of carbonyl (C=O) groups excluding carboxylic acids is 1. The molecule has 0 bridgehead atoms. The molecule has 0 unspecified atom stereocenters. The Bertz CT molecular complexity index is 1340. The minimum atomic E-state index is -3.15. The van der Waals surface area contributed by atoms with Gasteiger partial charge in [-0.25, -0.2) is 18.4 Å². The first-order valence-corrected chi connectivity index (χ1v) is 16.5. The zero-order valence-electron chi connectivity index (χ0n) is 26.4. The van der Waals surface area contributed by atoms with Gasteiger partial charge in [0.2, 0.25) is 17.8 Å². The van der Waals surface area contributed by atoms with Crippen molar-refractivity contribution in [2.75, 3.05) is 152 Å². The molecular formula is C27H45N9O7S. The average molecular weight is 640 g/mol. The van der Waals surface area contributed by atoms with E-state index in [1.54, 1.807) is 40.4 Å². The van der Waals surface area contributed by atoms with E-state index in [1.807, 2.05) is 19.6 Å². The lowest BCUT2D eigenvalue weighted by atomic mass is 10.2. The highest BCUT2D eigenvalue weighted by Gasteiger charge is 2.31. The van der Waals surface area contributed by atoms with Gasteiger partial charge in [-0.2, -0.15) is 9.97 Å². The summed E-state index contributed by atoms with van der Waals surface area (Å²) < 4.78 is 46.2. The molecule has 0 aliphatic carbocycles. The molecule has 2 saturated heterocycles. The summed E-state index contributed by atoms with van der Waals surface area (Å²) in [5, 5.41) is 0. The Kier molecular flexibility index (Phi) is 12.1. The fraction of sp³-hybridized carbons (Fsp3) is 0.741. The Morgan fingerprint density at radius 3 is 1.50 bits per heavy atom. The minimum Gasteiger partial charge on any atom is -0.383 e. The van der Waals surface area contributed by atoms with Crippen LogP contribution in [-0.2, 0) is 33.6 Å². The van der Waals surface area contributed by atoms with Crippen molar-refractivity contribution in [3.63, 3.8) is 0 Å². The van der Waals surface area contributed by atoms with Crippen LogP contribution in [0.25, 0.3) is 11.0 Å². The molecule has 2 aromatic rings. The van der Waals surface area contributed by atoms with Crippen molar-refractivity contribution in [3.8, 4) is 0 Å². The molecule has 16 nitrogen and oxygen atoms in total. The van der Waals surface area contributed by atoms with Gasteiger partial charge in [0.05, 0.1) is 44.5 Å². The number of likely N-dealkylation sites (N-methyl/N-ethyl adjacent to an activating group) is 1. The van der Waals surface area contributed by atoms with Crippen molar-refractivity contribution in [2.45, 2.75) is 0 Å². The number of rotatable bonds is 16. The summed E-state index contributed by atoms with van der Waals surface area (Å²) in [4.78, 5) is 42.4. The molecule has 4 heterocycles. The Morgan fingerprint density at radius 2 is 1.09 bits per heavy atom. The van der Waals surface area contributed by atoms with E-state index in [-0.39, 0.29) is 37.0 Å². The average Bonchev–Trinajstić information content (AvgIpc) is 3.01. The maximum absolute atomic E-state index is 12.9. The molecule has 44 heavy (non-hydrogen) atoms.